The van der Waals surface area contributed by atoms with Gasteiger partial charge >= 0.3 is 0 Å². The zero-order chi connectivity index (χ0) is 9.14. The van der Waals surface area contributed by atoms with Gasteiger partial charge in [-0.15, -0.1) is 5.10 Å². The fourth-order valence-corrected chi connectivity index (χ4v) is 0.919. The Hall–Kier alpha value is -1.32. The van der Waals surface area contributed by atoms with Gasteiger partial charge in [0.2, 0.25) is 0 Å². The molecule has 0 atom stereocenters. The van der Waals surface area contributed by atoms with Gasteiger partial charge in [-0.2, -0.15) is 5.10 Å². The van der Waals surface area contributed by atoms with Crippen molar-refractivity contribution in [2.24, 2.45) is 0 Å². The minimum atomic E-state index is 0.753. The number of hydrogen-bond donors (Lipinski definition) is 0. The molecule has 1 aromatic rings. The number of aromatic nitrogens is 2. The number of ether oxygens (including phenoxy) is 1. The molecule has 0 fully saturated rings. The Kier molecular flexibility index (Phi) is 2.47. The Morgan fingerprint density at radius 1 is 1.33 bits per heavy atom. The molecule has 0 aromatic carbocycles. The highest BCUT2D eigenvalue weighted by molar-refractivity contribution is 5.50. The number of nitrogens with zero attached hydrogens (tertiary/aromatic N) is 3. The molecule has 0 saturated carbocycles. The van der Waals surface area contributed by atoms with Gasteiger partial charge in [0.15, 0.2) is 11.6 Å². The number of methoxy groups -OCH3 is 1. The molecule has 4 heteroatoms. The summed E-state index contributed by atoms with van der Waals surface area (Å²) in [5.74, 6) is 1.51. The topological polar surface area (TPSA) is 38.3 Å². The van der Waals surface area contributed by atoms with Crippen LogP contribution in [0.15, 0.2) is 6.07 Å². The highest BCUT2D eigenvalue weighted by Gasteiger charge is 2.06. The van der Waals surface area contributed by atoms with Crippen LogP contribution in [0.25, 0.3) is 0 Å². The summed E-state index contributed by atoms with van der Waals surface area (Å²) in [5.41, 5.74) is 0.859. The normalized spacial score (nSPS) is 9.67. The standard InChI is InChI=1S/C8H13N3O/c1-6-5-7(12-4)8(10-9-6)11(2)3/h5H,1-4H3. The molecule has 0 aliphatic heterocycles. The number of hydrogen-bond acceptors (Lipinski definition) is 4. The molecular weight excluding hydrogens is 154 g/mol. The quantitative estimate of drug-likeness (QED) is 0.654. The molecule has 1 rings (SSSR count). The van der Waals surface area contributed by atoms with Gasteiger partial charge in [0.25, 0.3) is 0 Å². The smallest absolute Gasteiger partial charge is 0.193 e. The van der Waals surface area contributed by atoms with E-state index in [9.17, 15) is 0 Å². The highest BCUT2D eigenvalue weighted by Crippen LogP contribution is 2.22. The van der Waals surface area contributed by atoms with E-state index in [4.69, 9.17) is 4.74 Å². The lowest BCUT2D eigenvalue weighted by Crippen LogP contribution is -2.13. The second-order valence-electron chi connectivity index (χ2n) is 2.77. The molecule has 66 valence electrons. The minimum absolute atomic E-state index is 0.753. The van der Waals surface area contributed by atoms with Crippen molar-refractivity contribution in [1.82, 2.24) is 10.2 Å². The van der Waals surface area contributed by atoms with Crippen LogP contribution in [0, 0.1) is 6.92 Å². The molecule has 0 radical (unpaired) electrons. The lowest BCUT2D eigenvalue weighted by molar-refractivity contribution is 0.411. The van der Waals surface area contributed by atoms with E-state index in [-0.39, 0.29) is 0 Å². The molecule has 1 heterocycles. The highest BCUT2D eigenvalue weighted by atomic mass is 16.5. The van der Waals surface area contributed by atoms with Crippen molar-refractivity contribution in [3.63, 3.8) is 0 Å². The van der Waals surface area contributed by atoms with Crippen molar-refractivity contribution < 1.29 is 4.74 Å². The van der Waals surface area contributed by atoms with E-state index in [1.165, 1.54) is 0 Å². The molecule has 0 bridgehead atoms. The Labute approximate surface area is 72.2 Å². The van der Waals surface area contributed by atoms with E-state index in [2.05, 4.69) is 10.2 Å². The summed E-state index contributed by atoms with van der Waals surface area (Å²) < 4.78 is 5.14. The van der Waals surface area contributed by atoms with E-state index in [1.54, 1.807) is 7.11 Å². The third-order valence-electron chi connectivity index (χ3n) is 1.51. The van der Waals surface area contributed by atoms with E-state index >= 15 is 0 Å². The maximum absolute atomic E-state index is 5.14. The van der Waals surface area contributed by atoms with Crippen molar-refractivity contribution in [2.45, 2.75) is 6.92 Å². The van der Waals surface area contributed by atoms with Gasteiger partial charge in [-0.05, 0) is 6.92 Å². The van der Waals surface area contributed by atoms with Crippen LogP contribution in [-0.2, 0) is 0 Å². The van der Waals surface area contributed by atoms with Gasteiger partial charge in [-0.1, -0.05) is 0 Å². The summed E-state index contributed by atoms with van der Waals surface area (Å²) in [6.07, 6.45) is 0. The summed E-state index contributed by atoms with van der Waals surface area (Å²) in [5, 5.41) is 7.94. The summed E-state index contributed by atoms with van der Waals surface area (Å²) in [7, 11) is 5.44. The van der Waals surface area contributed by atoms with Crippen LogP contribution >= 0.6 is 0 Å². The molecular formula is C8H13N3O. The first-order chi connectivity index (χ1) is 5.65. The van der Waals surface area contributed by atoms with Crippen molar-refractivity contribution in [3.05, 3.63) is 11.8 Å². The SMILES string of the molecule is COc1cc(C)nnc1N(C)C. The first-order valence-electron chi connectivity index (χ1n) is 3.70. The fourth-order valence-electron chi connectivity index (χ4n) is 0.919. The predicted octanol–water partition coefficient (Wildman–Crippen LogP) is 0.860. The summed E-state index contributed by atoms with van der Waals surface area (Å²) in [6.45, 7) is 1.88. The second-order valence-corrected chi connectivity index (χ2v) is 2.77. The van der Waals surface area contributed by atoms with Crippen LogP contribution in [-0.4, -0.2) is 31.4 Å². The lowest BCUT2D eigenvalue weighted by Gasteiger charge is -2.13. The average molecular weight is 167 g/mol. The maximum Gasteiger partial charge on any atom is 0.193 e. The lowest BCUT2D eigenvalue weighted by atomic mass is 10.4. The second kappa shape index (κ2) is 3.38. The molecule has 0 spiro atoms. The van der Waals surface area contributed by atoms with Gasteiger partial charge in [0, 0.05) is 20.2 Å². The van der Waals surface area contributed by atoms with Crippen molar-refractivity contribution in [3.8, 4) is 5.75 Å². The van der Waals surface area contributed by atoms with Gasteiger partial charge in [0.1, 0.15) is 0 Å². The number of aryl methyl sites for hydroxylation is 1. The van der Waals surface area contributed by atoms with E-state index in [1.807, 2.05) is 32.0 Å². The number of anilines is 1. The average Bonchev–Trinajstić information content (AvgIpc) is 2.03. The minimum Gasteiger partial charge on any atom is -0.493 e. The first-order valence-corrected chi connectivity index (χ1v) is 3.70. The first kappa shape index (κ1) is 8.77. The zero-order valence-electron chi connectivity index (χ0n) is 7.83. The molecule has 0 N–H and O–H groups in total. The zero-order valence-corrected chi connectivity index (χ0v) is 7.83. The Balaban J connectivity index is 3.11. The largest absolute Gasteiger partial charge is 0.493 e. The van der Waals surface area contributed by atoms with Crippen molar-refractivity contribution in [2.75, 3.05) is 26.1 Å². The molecule has 12 heavy (non-hydrogen) atoms. The van der Waals surface area contributed by atoms with Gasteiger partial charge in [-0.25, -0.2) is 0 Å². The summed E-state index contributed by atoms with van der Waals surface area (Å²) >= 11 is 0. The summed E-state index contributed by atoms with van der Waals surface area (Å²) in [6, 6.07) is 1.86. The Bertz CT molecular complexity index is 273. The van der Waals surface area contributed by atoms with Gasteiger partial charge in [0.05, 0.1) is 12.8 Å². The third kappa shape index (κ3) is 1.64. The van der Waals surface area contributed by atoms with Crippen molar-refractivity contribution >= 4 is 5.82 Å². The molecule has 4 nitrogen and oxygen atoms in total. The van der Waals surface area contributed by atoms with Gasteiger partial charge in [-0.3, -0.25) is 0 Å². The van der Waals surface area contributed by atoms with Gasteiger partial charge < -0.3 is 9.64 Å². The van der Waals surface area contributed by atoms with E-state index in [0.717, 1.165) is 17.3 Å². The maximum atomic E-state index is 5.14. The molecule has 0 unspecified atom stereocenters. The monoisotopic (exact) mass is 167 g/mol. The molecule has 0 aliphatic carbocycles. The summed E-state index contributed by atoms with van der Waals surface area (Å²) in [4.78, 5) is 1.87. The van der Waals surface area contributed by atoms with Crippen LogP contribution in [0.2, 0.25) is 0 Å². The Morgan fingerprint density at radius 2 is 2.00 bits per heavy atom. The van der Waals surface area contributed by atoms with Crippen LogP contribution < -0.4 is 9.64 Å². The number of rotatable bonds is 2. The van der Waals surface area contributed by atoms with E-state index in [0.29, 0.717) is 0 Å². The van der Waals surface area contributed by atoms with E-state index < -0.39 is 0 Å². The molecule has 1 aromatic heterocycles. The Morgan fingerprint density at radius 3 is 2.50 bits per heavy atom. The van der Waals surface area contributed by atoms with Crippen LogP contribution in [0.1, 0.15) is 5.69 Å². The van der Waals surface area contributed by atoms with Crippen LogP contribution in [0.5, 0.6) is 5.75 Å². The predicted molar refractivity (Wildman–Crippen MR) is 47.6 cm³/mol. The fraction of sp³-hybridized carbons (Fsp3) is 0.500. The molecule has 0 aliphatic rings. The van der Waals surface area contributed by atoms with Crippen LogP contribution in [0.4, 0.5) is 5.82 Å². The van der Waals surface area contributed by atoms with Crippen LogP contribution in [0.3, 0.4) is 0 Å². The molecule has 0 amide bonds. The third-order valence-corrected chi connectivity index (χ3v) is 1.51. The van der Waals surface area contributed by atoms with Crippen molar-refractivity contribution in [1.29, 1.82) is 0 Å². The molecule has 0 saturated heterocycles.